The maximum atomic E-state index is 13.5. The van der Waals surface area contributed by atoms with Crippen molar-refractivity contribution in [1.29, 1.82) is 0 Å². The molecule has 1 amide bonds. The Morgan fingerprint density at radius 2 is 1.76 bits per heavy atom. The van der Waals surface area contributed by atoms with Crippen LogP contribution in [0.3, 0.4) is 0 Å². The van der Waals surface area contributed by atoms with E-state index in [2.05, 4.69) is 47.3 Å². The monoisotopic (exact) mass is 388 g/mol. The first kappa shape index (κ1) is 19.4. The van der Waals surface area contributed by atoms with Crippen molar-refractivity contribution in [2.45, 2.75) is 46.5 Å². The van der Waals surface area contributed by atoms with Crippen LogP contribution in [0.1, 0.15) is 52.9 Å². The predicted octanol–water partition coefficient (Wildman–Crippen LogP) is 5.31. The van der Waals surface area contributed by atoms with Crippen molar-refractivity contribution in [3.63, 3.8) is 0 Å². The van der Waals surface area contributed by atoms with Gasteiger partial charge in [-0.25, -0.2) is 9.97 Å². The summed E-state index contributed by atoms with van der Waals surface area (Å²) in [5.41, 5.74) is 6.29. The molecule has 1 fully saturated rings. The lowest BCUT2D eigenvalue weighted by Crippen LogP contribution is -2.32. The first-order valence-corrected chi connectivity index (χ1v) is 10.4. The highest BCUT2D eigenvalue weighted by Crippen LogP contribution is 2.31. The van der Waals surface area contributed by atoms with Crippen LogP contribution in [0, 0.1) is 20.8 Å². The number of hydrogen-bond donors (Lipinski definition) is 1. The van der Waals surface area contributed by atoms with Gasteiger partial charge in [0.05, 0.1) is 11.3 Å². The van der Waals surface area contributed by atoms with Crippen LogP contribution in [0.2, 0.25) is 0 Å². The van der Waals surface area contributed by atoms with Crippen LogP contribution >= 0.6 is 0 Å². The third-order valence-electron chi connectivity index (χ3n) is 5.65. The molecule has 3 heterocycles. The molecule has 0 atom stereocenters. The molecule has 0 unspecified atom stereocenters. The Morgan fingerprint density at radius 1 is 1.00 bits per heavy atom. The van der Waals surface area contributed by atoms with Crippen LogP contribution in [0.25, 0.3) is 11.0 Å². The number of amides is 1. The number of carbonyl (C=O) groups is 1. The quantitative estimate of drug-likeness (QED) is 0.660. The number of aryl methyl sites for hydroxylation is 3. The van der Waals surface area contributed by atoms with Gasteiger partial charge in [-0.1, -0.05) is 25.0 Å². The molecule has 0 spiro atoms. The van der Waals surface area contributed by atoms with Crippen LogP contribution in [0.4, 0.5) is 11.4 Å². The summed E-state index contributed by atoms with van der Waals surface area (Å²) in [4.78, 5) is 24.5. The highest BCUT2D eigenvalue weighted by molar-refractivity contribution is 6.07. The van der Waals surface area contributed by atoms with Crippen molar-refractivity contribution in [2.24, 2.45) is 0 Å². The number of hydrogen-bond acceptors (Lipinski definition) is 4. The third-order valence-corrected chi connectivity index (χ3v) is 5.65. The van der Waals surface area contributed by atoms with Crippen molar-refractivity contribution in [3.05, 3.63) is 58.9 Å². The largest absolute Gasteiger partial charge is 0.354 e. The highest BCUT2D eigenvalue weighted by Gasteiger charge is 2.23. The van der Waals surface area contributed by atoms with Gasteiger partial charge < -0.3 is 10.2 Å². The third kappa shape index (κ3) is 4.09. The van der Waals surface area contributed by atoms with E-state index in [1.165, 1.54) is 18.4 Å². The molecule has 29 heavy (non-hydrogen) atoms. The van der Waals surface area contributed by atoms with Gasteiger partial charge in [-0.3, -0.25) is 4.79 Å². The fraction of sp³-hybridized carbons (Fsp3) is 0.375. The van der Waals surface area contributed by atoms with E-state index < -0.39 is 0 Å². The summed E-state index contributed by atoms with van der Waals surface area (Å²) >= 11 is 0. The van der Waals surface area contributed by atoms with E-state index in [0.29, 0.717) is 11.2 Å². The molecule has 150 valence electrons. The van der Waals surface area contributed by atoms with Crippen LogP contribution in [0.5, 0.6) is 0 Å². The van der Waals surface area contributed by atoms with Gasteiger partial charge in [0.25, 0.3) is 5.91 Å². The van der Waals surface area contributed by atoms with E-state index in [9.17, 15) is 4.79 Å². The fourth-order valence-electron chi connectivity index (χ4n) is 3.92. The molecule has 1 saturated heterocycles. The van der Waals surface area contributed by atoms with E-state index in [-0.39, 0.29) is 5.91 Å². The summed E-state index contributed by atoms with van der Waals surface area (Å²) in [7, 11) is 0. The molecular formula is C24H28N4O. The molecule has 1 aromatic carbocycles. The van der Waals surface area contributed by atoms with E-state index in [0.717, 1.165) is 53.9 Å². The van der Waals surface area contributed by atoms with Gasteiger partial charge in [0.15, 0.2) is 5.65 Å². The number of nitrogens with zero attached hydrogens (tertiary/aromatic N) is 3. The van der Waals surface area contributed by atoms with Crippen LogP contribution < -0.4 is 5.32 Å². The number of nitrogens with one attached hydrogen (secondary N) is 1. The van der Waals surface area contributed by atoms with Gasteiger partial charge >= 0.3 is 0 Å². The van der Waals surface area contributed by atoms with Gasteiger partial charge in [-0.05, 0) is 62.9 Å². The molecule has 1 aliphatic heterocycles. The van der Waals surface area contributed by atoms with Crippen molar-refractivity contribution in [2.75, 3.05) is 18.4 Å². The van der Waals surface area contributed by atoms with E-state index in [1.807, 2.05) is 24.0 Å². The van der Waals surface area contributed by atoms with Gasteiger partial charge in [-0.2, -0.15) is 0 Å². The summed E-state index contributed by atoms with van der Waals surface area (Å²) < 4.78 is 0. The lowest BCUT2D eigenvalue weighted by molar-refractivity contribution is 0.0762. The zero-order valence-electron chi connectivity index (χ0n) is 17.5. The molecule has 4 rings (SSSR count). The van der Waals surface area contributed by atoms with Gasteiger partial charge in [0.1, 0.15) is 0 Å². The molecule has 0 bridgehead atoms. The number of aromatic nitrogens is 2. The maximum Gasteiger partial charge on any atom is 0.257 e. The normalized spacial score (nSPS) is 14.7. The van der Waals surface area contributed by atoms with Crippen molar-refractivity contribution >= 4 is 28.3 Å². The first-order chi connectivity index (χ1) is 14.0. The van der Waals surface area contributed by atoms with Crippen molar-refractivity contribution in [3.8, 4) is 0 Å². The van der Waals surface area contributed by atoms with E-state index in [1.54, 1.807) is 6.20 Å². The second-order valence-corrected chi connectivity index (χ2v) is 8.02. The molecule has 1 aliphatic rings. The zero-order chi connectivity index (χ0) is 20.4. The summed E-state index contributed by atoms with van der Waals surface area (Å²) in [6, 6.07) is 10.3. The average molecular weight is 389 g/mol. The number of carbonyl (C=O) groups excluding carboxylic acids is 1. The molecule has 0 radical (unpaired) electrons. The summed E-state index contributed by atoms with van der Waals surface area (Å²) in [5.74, 6) is 0.0506. The minimum atomic E-state index is 0.0506. The Balaban J connectivity index is 1.83. The summed E-state index contributed by atoms with van der Waals surface area (Å²) in [5, 5.41) is 4.42. The topological polar surface area (TPSA) is 58.1 Å². The second-order valence-electron chi connectivity index (χ2n) is 8.02. The lowest BCUT2D eigenvalue weighted by atomic mass is 10.1. The highest BCUT2D eigenvalue weighted by atomic mass is 16.2. The van der Waals surface area contributed by atoms with Gasteiger partial charge in [0.2, 0.25) is 0 Å². The Bertz CT molecular complexity index is 1050. The summed E-state index contributed by atoms with van der Waals surface area (Å²) in [6.45, 7) is 7.72. The minimum Gasteiger partial charge on any atom is -0.354 e. The number of rotatable bonds is 3. The lowest BCUT2D eigenvalue weighted by Gasteiger charge is -2.23. The number of pyridine rings is 2. The molecule has 2 aromatic heterocycles. The molecule has 1 N–H and O–H groups in total. The average Bonchev–Trinajstić information content (AvgIpc) is 3.00. The van der Waals surface area contributed by atoms with Crippen LogP contribution in [-0.2, 0) is 0 Å². The number of benzene rings is 1. The number of anilines is 2. The number of likely N-dealkylation sites (tertiary alicyclic amines) is 1. The number of fused-ring (bicyclic) bond motifs is 1. The molecular weight excluding hydrogens is 360 g/mol. The smallest absolute Gasteiger partial charge is 0.257 e. The zero-order valence-corrected chi connectivity index (χ0v) is 17.5. The summed E-state index contributed by atoms with van der Waals surface area (Å²) in [6.07, 6.45) is 6.20. The molecule has 5 heteroatoms. The van der Waals surface area contributed by atoms with Crippen LogP contribution in [-0.4, -0.2) is 33.9 Å². The maximum absolute atomic E-state index is 13.5. The van der Waals surface area contributed by atoms with Gasteiger partial charge in [-0.15, -0.1) is 0 Å². The Morgan fingerprint density at radius 3 is 2.52 bits per heavy atom. The standard InChI is InChI=1S/C24H28N4O/c1-16-8-9-17(2)21(14-16)27-22-19-11-10-18(3)26-23(19)25-15-20(22)24(29)28-12-6-4-5-7-13-28/h8-11,14-15H,4-7,12-13H2,1-3H3,(H,25,26,27). The SMILES string of the molecule is Cc1ccc(C)c(Nc2c(C(=O)N3CCCCCC3)cnc3nc(C)ccc23)c1. The molecule has 5 nitrogen and oxygen atoms in total. The molecule has 0 saturated carbocycles. The Kier molecular flexibility index (Phi) is 5.47. The minimum absolute atomic E-state index is 0.0506. The van der Waals surface area contributed by atoms with E-state index in [4.69, 9.17) is 0 Å². The Hall–Kier alpha value is -2.95. The predicted molar refractivity (Wildman–Crippen MR) is 118 cm³/mol. The van der Waals surface area contributed by atoms with Crippen LogP contribution in [0.15, 0.2) is 36.5 Å². The second kappa shape index (κ2) is 8.19. The Labute approximate surface area is 172 Å². The molecule has 0 aliphatic carbocycles. The van der Waals surface area contributed by atoms with Gasteiger partial charge in [0, 0.05) is 36.1 Å². The van der Waals surface area contributed by atoms with Crippen molar-refractivity contribution in [1.82, 2.24) is 14.9 Å². The first-order valence-electron chi connectivity index (χ1n) is 10.4. The van der Waals surface area contributed by atoms with Crippen molar-refractivity contribution < 1.29 is 4.79 Å². The van der Waals surface area contributed by atoms with E-state index >= 15 is 0 Å². The molecule has 3 aromatic rings. The fourth-order valence-corrected chi connectivity index (χ4v) is 3.92.